The summed E-state index contributed by atoms with van der Waals surface area (Å²) in [6.07, 6.45) is 9.43. The predicted molar refractivity (Wildman–Crippen MR) is 167 cm³/mol. The number of fused-ring (bicyclic) bond motifs is 1. The van der Waals surface area contributed by atoms with Crippen LogP contribution in [-0.2, 0) is 0 Å². The average Bonchev–Trinajstić information content (AvgIpc) is 2.99. The molecule has 0 radical (unpaired) electrons. The number of hydrogen-bond acceptors (Lipinski definition) is 4. The van der Waals surface area contributed by atoms with Crippen molar-refractivity contribution >= 4 is 28.7 Å². The first kappa shape index (κ1) is 28.0. The number of allylic oxidation sites excluding steroid dienone is 1. The van der Waals surface area contributed by atoms with Crippen LogP contribution >= 0.6 is 7.26 Å². The van der Waals surface area contributed by atoms with Crippen LogP contribution in [0.25, 0.3) is 5.57 Å². The number of rotatable bonds is 12. The van der Waals surface area contributed by atoms with Crippen LogP contribution in [0.1, 0.15) is 50.5 Å². The third-order valence-electron chi connectivity index (χ3n) is 7.79. The van der Waals surface area contributed by atoms with Gasteiger partial charge in [0.2, 0.25) is 6.29 Å². The zero-order valence-electron chi connectivity index (χ0n) is 22.8. The Hall–Kier alpha value is -3.59. The van der Waals surface area contributed by atoms with Crippen LogP contribution in [0.3, 0.4) is 0 Å². The molecule has 1 unspecified atom stereocenters. The molecule has 1 atom stereocenters. The van der Waals surface area contributed by atoms with E-state index in [1.807, 2.05) is 0 Å². The number of hydrogen-bond donors (Lipinski definition) is 3. The maximum Gasteiger partial charge on any atom is 0.217 e. The number of aliphatic hydroxyl groups is 1. The van der Waals surface area contributed by atoms with Crippen LogP contribution in [0.2, 0.25) is 0 Å². The van der Waals surface area contributed by atoms with E-state index in [1.165, 1.54) is 47.3 Å². The summed E-state index contributed by atoms with van der Waals surface area (Å²) in [5.41, 5.74) is 1.69. The van der Waals surface area contributed by atoms with Gasteiger partial charge in [0.1, 0.15) is 28.9 Å². The molecule has 0 fully saturated rings. The van der Waals surface area contributed by atoms with Gasteiger partial charge in [-0.15, -0.1) is 0 Å². The van der Waals surface area contributed by atoms with Gasteiger partial charge in [-0.2, -0.15) is 0 Å². The van der Waals surface area contributed by atoms with E-state index in [0.717, 1.165) is 43.0 Å². The molecule has 1 aliphatic rings. The van der Waals surface area contributed by atoms with Crippen LogP contribution in [-0.4, -0.2) is 27.8 Å². The van der Waals surface area contributed by atoms with Gasteiger partial charge in [0.05, 0.1) is 6.16 Å². The molecule has 0 spiro atoms. The highest BCUT2D eigenvalue weighted by Crippen LogP contribution is 2.56. The Labute approximate surface area is 238 Å². The number of aromatic hydroxyl groups is 2. The van der Waals surface area contributed by atoms with Crippen LogP contribution in [0, 0.1) is 0 Å². The largest absolute Gasteiger partial charge is 0.504 e. The fourth-order valence-corrected chi connectivity index (χ4v) is 10.2. The van der Waals surface area contributed by atoms with Gasteiger partial charge in [-0.3, -0.25) is 0 Å². The molecule has 0 saturated carbocycles. The molecule has 1 aliphatic heterocycles. The van der Waals surface area contributed by atoms with Crippen molar-refractivity contribution in [3.63, 3.8) is 0 Å². The molecule has 0 saturated heterocycles. The van der Waals surface area contributed by atoms with Crippen molar-refractivity contribution in [2.24, 2.45) is 0 Å². The van der Waals surface area contributed by atoms with Gasteiger partial charge in [-0.25, -0.2) is 0 Å². The summed E-state index contributed by atoms with van der Waals surface area (Å²) in [4.78, 5) is 0. The Morgan fingerprint density at radius 2 is 1.07 bits per heavy atom. The fraction of sp³-hybridized carbons (Fsp3) is 0.257. The van der Waals surface area contributed by atoms with Crippen LogP contribution in [0.5, 0.6) is 17.2 Å². The molecule has 5 heteroatoms. The van der Waals surface area contributed by atoms with Gasteiger partial charge in [-0.05, 0) is 79.8 Å². The Kier molecular flexibility index (Phi) is 9.21. The third-order valence-corrected chi connectivity index (χ3v) is 12.3. The highest BCUT2D eigenvalue weighted by atomic mass is 31.2. The van der Waals surface area contributed by atoms with Crippen molar-refractivity contribution in [1.29, 1.82) is 0 Å². The molecule has 4 aromatic carbocycles. The summed E-state index contributed by atoms with van der Waals surface area (Å²) in [5.74, 6) is -0.0158. The SMILES string of the molecule is Oc1cc2c(cc1O)C(CCCCCCCC[P+](c1ccccc1)(c1ccccc1)c1ccccc1)=CC(O)O2. The van der Waals surface area contributed by atoms with Crippen molar-refractivity contribution in [2.45, 2.75) is 51.2 Å². The Balaban J connectivity index is 1.19. The molecular weight excluding hydrogens is 515 g/mol. The normalized spacial score (nSPS) is 14.7. The topological polar surface area (TPSA) is 69.9 Å². The van der Waals surface area contributed by atoms with Gasteiger partial charge in [0, 0.05) is 11.6 Å². The van der Waals surface area contributed by atoms with Crippen molar-refractivity contribution in [3.8, 4) is 17.2 Å². The molecule has 40 heavy (non-hydrogen) atoms. The zero-order valence-corrected chi connectivity index (χ0v) is 23.7. The summed E-state index contributed by atoms with van der Waals surface area (Å²) in [6.45, 7) is 0. The molecule has 1 heterocycles. The second-order valence-electron chi connectivity index (χ2n) is 10.4. The number of phenols is 2. The van der Waals surface area contributed by atoms with Gasteiger partial charge >= 0.3 is 0 Å². The molecule has 0 bridgehead atoms. The minimum atomic E-state index is -1.76. The Morgan fingerprint density at radius 1 is 0.600 bits per heavy atom. The van der Waals surface area contributed by atoms with E-state index in [2.05, 4.69) is 91.0 Å². The Bertz CT molecular complexity index is 1310. The molecular formula is C35H38O4P+. The van der Waals surface area contributed by atoms with E-state index in [1.54, 1.807) is 6.08 Å². The molecule has 4 aromatic rings. The van der Waals surface area contributed by atoms with Gasteiger partial charge in [0.25, 0.3) is 0 Å². The van der Waals surface area contributed by atoms with Crippen molar-refractivity contribution in [3.05, 3.63) is 115 Å². The summed E-state index contributed by atoms with van der Waals surface area (Å²) in [7, 11) is -1.76. The monoisotopic (exact) mass is 553 g/mol. The van der Waals surface area contributed by atoms with Crippen molar-refractivity contribution < 1.29 is 20.1 Å². The smallest absolute Gasteiger partial charge is 0.217 e. The molecule has 0 amide bonds. The lowest BCUT2D eigenvalue weighted by atomic mass is 9.96. The summed E-state index contributed by atoms with van der Waals surface area (Å²) >= 11 is 0. The maximum atomic E-state index is 10.1. The summed E-state index contributed by atoms with van der Waals surface area (Å²) in [6, 6.07) is 36.1. The quantitative estimate of drug-likeness (QED) is 0.101. The van der Waals surface area contributed by atoms with E-state index >= 15 is 0 Å². The van der Waals surface area contributed by atoms with Crippen molar-refractivity contribution in [1.82, 2.24) is 0 Å². The minimum Gasteiger partial charge on any atom is -0.504 e. The lowest BCUT2D eigenvalue weighted by molar-refractivity contribution is 0.0221. The Morgan fingerprint density at radius 3 is 1.62 bits per heavy atom. The lowest BCUT2D eigenvalue weighted by Gasteiger charge is -2.27. The molecule has 4 nitrogen and oxygen atoms in total. The average molecular weight is 554 g/mol. The molecule has 5 rings (SSSR count). The van der Waals surface area contributed by atoms with E-state index in [0.29, 0.717) is 5.75 Å². The first-order valence-corrected chi connectivity index (χ1v) is 16.2. The highest BCUT2D eigenvalue weighted by Gasteiger charge is 2.44. The second kappa shape index (κ2) is 13.2. The first-order chi connectivity index (χ1) is 19.6. The first-order valence-electron chi connectivity index (χ1n) is 14.2. The molecule has 206 valence electrons. The summed E-state index contributed by atoms with van der Waals surface area (Å²) < 4.78 is 5.40. The van der Waals surface area contributed by atoms with Gasteiger partial charge in [-0.1, -0.05) is 73.9 Å². The van der Waals surface area contributed by atoms with E-state index in [4.69, 9.17) is 4.74 Å². The van der Waals surface area contributed by atoms with Crippen LogP contribution in [0.15, 0.2) is 109 Å². The number of unbranched alkanes of at least 4 members (excludes halogenated alkanes) is 5. The van der Waals surface area contributed by atoms with Crippen molar-refractivity contribution in [2.75, 3.05) is 6.16 Å². The van der Waals surface area contributed by atoms with E-state index in [9.17, 15) is 15.3 Å². The molecule has 0 aromatic heterocycles. The van der Waals surface area contributed by atoms with Crippen LogP contribution in [0.4, 0.5) is 0 Å². The third kappa shape index (κ3) is 6.25. The number of phenolic OH excluding ortho intramolecular Hbond substituents is 2. The summed E-state index contributed by atoms with van der Waals surface area (Å²) in [5, 5.41) is 34.1. The molecule has 3 N–H and O–H groups in total. The van der Waals surface area contributed by atoms with Crippen LogP contribution < -0.4 is 20.7 Å². The number of benzene rings is 4. The standard InChI is InChI=1S/C35H37O4P/c36-32-25-31-27(24-35(38)39-34(31)26-33(32)37)16-8-3-1-2-4-15-23-40(28-17-9-5-10-18-28,29-19-11-6-12-20-29)30-21-13-7-14-22-30/h5-7,9-14,17-22,24-26,35,38H,1-4,8,15-16,23H2,(H-,36,37)/p+1. The van der Waals surface area contributed by atoms with Gasteiger partial charge < -0.3 is 20.1 Å². The van der Waals surface area contributed by atoms with Gasteiger partial charge in [0.15, 0.2) is 11.5 Å². The second-order valence-corrected chi connectivity index (χ2v) is 14.1. The highest BCUT2D eigenvalue weighted by molar-refractivity contribution is 7.95. The predicted octanol–water partition coefficient (Wildman–Crippen LogP) is 6.92. The zero-order chi connectivity index (χ0) is 27.8. The number of ether oxygens (including phenoxy) is 1. The fourth-order valence-electron chi connectivity index (χ4n) is 5.80. The number of aliphatic hydroxyl groups excluding tert-OH is 1. The molecule has 0 aliphatic carbocycles. The minimum absolute atomic E-state index is 0.176. The lowest BCUT2D eigenvalue weighted by Crippen LogP contribution is -2.33. The van der Waals surface area contributed by atoms with E-state index < -0.39 is 13.6 Å². The maximum absolute atomic E-state index is 10.1. The van der Waals surface area contributed by atoms with E-state index in [-0.39, 0.29) is 11.5 Å².